The van der Waals surface area contributed by atoms with Crippen molar-refractivity contribution >= 4 is 52.5 Å². The van der Waals surface area contributed by atoms with Crippen molar-refractivity contribution in [3.8, 4) is 0 Å². The number of ketones is 1. The van der Waals surface area contributed by atoms with Crippen LogP contribution < -0.4 is 0 Å². The maximum absolute atomic E-state index is 12.4. The fraction of sp³-hybridized carbons (Fsp3) is 0. The first kappa shape index (κ1) is 16.8. The van der Waals surface area contributed by atoms with E-state index < -0.39 is 20.7 Å². The molecule has 0 N–H and O–H groups in total. The average Bonchev–Trinajstić information content (AvgIpc) is 2.48. The molecule has 0 unspecified atom stereocenters. The van der Waals surface area contributed by atoms with E-state index in [0.29, 0.717) is 4.47 Å². The Balaban J connectivity index is 2.47. The van der Waals surface area contributed by atoms with Crippen LogP contribution in [0.2, 0.25) is 0 Å². The van der Waals surface area contributed by atoms with Gasteiger partial charge in [0.25, 0.3) is 15.6 Å². The Morgan fingerprint density at radius 3 is 1.82 bits per heavy atom. The highest BCUT2D eigenvalue weighted by Crippen LogP contribution is 2.19. The number of carbonyl (C=O) groups excluding carboxylic acids is 1. The molecule has 0 spiro atoms. The van der Waals surface area contributed by atoms with Crippen LogP contribution >= 0.6 is 31.9 Å². The molecule has 0 saturated heterocycles. The minimum absolute atomic E-state index is 0.108. The van der Waals surface area contributed by atoms with Gasteiger partial charge in [-0.15, -0.1) is 4.79 Å². The first-order chi connectivity index (χ1) is 10.4. The van der Waals surface area contributed by atoms with Crippen LogP contribution in [0.5, 0.6) is 0 Å². The Morgan fingerprint density at radius 1 is 0.909 bits per heavy atom. The number of nitrogens with zero attached hydrogens (tertiary/aromatic N) is 2. The monoisotopic (exact) mass is 442 g/mol. The zero-order valence-electron chi connectivity index (χ0n) is 10.9. The molecule has 0 bridgehead atoms. The third kappa shape index (κ3) is 3.41. The third-order valence-corrected chi connectivity index (χ3v) is 5.50. The highest BCUT2D eigenvalue weighted by atomic mass is 79.9. The highest BCUT2D eigenvalue weighted by molar-refractivity contribution is 9.10. The molecule has 0 atom stereocenters. The van der Waals surface area contributed by atoms with E-state index in [-0.39, 0.29) is 10.5 Å². The second kappa shape index (κ2) is 6.66. The van der Waals surface area contributed by atoms with Crippen molar-refractivity contribution in [3.05, 3.63) is 68.6 Å². The van der Waals surface area contributed by atoms with Crippen molar-refractivity contribution in [2.75, 3.05) is 0 Å². The molecule has 2 rings (SSSR count). The van der Waals surface area contributed by atoms with Crippen molar-refractivity contribution in [3.63, 3.8) is 0 Å². The number of sulfone groups is 1. The van der Waals surface area contributed by atoms with Crippen LogP contribution in [0.3, 0.4) is 0 Å². The molecule has 0 radical (unpaired) electrons. The van der Waals surface area contributed by atoms with Gasteiger partial charge in [0.1, 0.15) is 0 Å². The van der Waals surface area contributed by atoms with Gasteiger partial charge in [0.05, 0.1) is 4.90 Å². The van der Waals surface area contributed by atoms with Gasteiger partial charge in [0.15, 0.2) is 0 Å². The molecule has 8 heteroatoms. The molecule has 0 amide bonds. The van der Waals surface area contributed by atoms with E-state index in [9.17, 15) is 13.2 Å². The number of benzene rings is 2. The van der Waals surface area contributed by atoms with Crippen LogP contribution in [0.1, 0.15) is 10.4 Å². The maximum atomic E-state index is 12.4. The molecule has 0 aliphatic rings. The normalized spacial score (nSPS) is 10.8. The Labute approximate surface area is 143 Å². The maximum Gasteiger partial charge on any atom is 0.456 e. The molecular formula is C14H8Br2N2O3S. The fourth-order valence-electron chi connectivity index (χ4n) is 1.67. The van der Waals surface area contributed by atoms with Crippen molar-refractivity contribution in [1.82, 2.24) is 0 Å². The standard InChI is InChI=1S/C14H8Br2N2O3S/c15-10-3-1-9(2-4-10)13(19)14(18-17)22(20,21)12-7-5-11(16)6-8-12/h1-8H. The second-order valence-corrected chi connectivity index (χ2v) is 7.89. The van der Waals surface area contributed by atoms with Crippen LogP contribution in [-0.4, -0.2) is 24.0 Å². The predicted octanol–water partition coefficient (Wildman–Crippen LogP) is 3.50. The van der Waals surface area contributed by atoms with E-state index in [2.05, 4.69) is 36.6 Å². The molecule has 0 aliphatic heterocycles. The summed E-state index contributed by atoms with van der Waals surface area (Å²) in [6, 6.07) is 11.7. The summed E-state index contributed by atoms with van der Waals surface area (Å²) in [5.74, 6) is -0.877. The molecule has 2 aromatic rings. The zero-order chi connectivity index (χ0) is 16.3. The minimum atomic E-state index is -4.21. The van der Waals surface area contributed by atoms with Gasteiger partial charge in [-0.25, -0.2) is 8.42 Å². The summed E-state index contributed by atoms with van der Waals surface area (Å²) < 4.78 is 26.3. The van der Waals surface area contributed by atoms with Crippen LogP contribution in [0.15, 0.2) is 62.4 Å². The van der Waals surface area contributed by atoms with E-state index in [1.807, 2.05) is 0 Å². The van der Waals surface area contributed by atoms with E-state index >= 15 is 0 Å². The lowest BCUT2D eigenvalue weighted by molar-refractivity contribution is -0.00158. The number of Topliss-reactive ketones (excluding diaryl/α,β-unsaturated/α-hetero) is 1. The van der Waals surface area contributed by atoms with Gasteiger partial charge in [0.2, 0.25) is 0 Å². The Hall–Kier alpha value is -1.60. The van der Waals surface area contributed by atoms with Crippen LogP contribution in [0.25, 0.3) is 5.53 Å². The number of hydrogen-bond donors (Lipinski definition) is 0. The summed E-state index contributed by atoms with van der Waals surface area (Å²) in [5, 5.41) is -0.919. The molecule has 22 heavy (non-hydrogen) atoms. The van der Waals surface area contributed by atoms with E-state index in [1.54, 1.807) is 12.1 Å². The molecule has 0 heterocycles. The van der Waals surface area contributed by atoms with Gasteiger partial charge >= 0.3 is 5.04 Å². The van der Waals surface area contributed by atoms with E-state index in [1.165, 1.54) is 36.4 Å². The van der Waals surface area contributed by atoms with Crippen molar-refractivity contribution < 1.29 is 18.0 Å². The summed E-state index contributed by atoms with van der Waals surface area (Å²) in [6.07, 6.45) is 0. The summed E-state index contributed by atoms with van der Waals surface area (Å²) in [6.45, 7) is 0. The summed E-state index contributed by atoms with van der Waals surface area (Å²) >= 11 is 6.41. The van der Waals surface area contributed by atoms with Gasteiger partial charge in [-0.1, -0.05) is 31.9 Å². The van der Waals surface area contributed by atoms with Crippen molar-refractivity contribution in [1.29, 1.82) is 0 Å². The number of halogens is 2. The van der Waals surface area contributed by atoms with E-state index in [0.717, 1.165) is 4.47 Å². The summed E-state index contributed by atoms with van der Waals surface area (Å²) in [7, 11) is -4.21. The zero-order valence-corrected chi connectivity index (χ0v) is 14.9. The lowest BCUT2D eigenvalue weighted by atomic mass is 10.1. The molecular weight excluding hydrogens is 436 g/mol. The largest absolute Gasteiger partial charge is 0.456 e. The fourth-order valence-corrected chi connectivity index (χ4v) is 3.39. The van der Waals surface area contributed by atoms with Crippen LogP contribution in [0.4, 0.5) is 0 Å². The first-order valence-electron chi connectivity index (χ1n) is 5.89. The third-order valence-electron chi connectivity index (χ3n) is 2.77. The number of carbonyl (C=O) groups is 1. The quantitative estimate of drug-likeness (QED) is 0.239. The minimum Gasteiger partial charge on any atom is -0.360 e. The molecule has 5 nitrogen and oxygen atoms in total. The Kier molecular flexibility index (Phi) is 5.08. The number of hydrogen-bond acceptors (Lipinski definition) is 3. The first-order valence-corrected chi connectivity index (χ1v) is 8.96. The molecule has 0 aliphatic carbocycles. The molecule has 112 valence electrons. The van der Waals surface area contributed by atoms with Gasteiger partial charge in [-0.2, -0.15) is 0 Å². The highest BCUT2D eigenvalue weighted by Gasteiger charge is 2.38. The predicted molar refractivity (Wildman–Crippen MR) is 88.4 cm³/mol. The van der Waals surface area contributed by atoms with Gasteiger partial charge in [0, 0.05) is 14.5 Å². The lowest BCUT2D eigenvalue weighted by Gasteiger charge is -2.01. The van der Waals surface area contributed by atoms with Crippen LogP contribution in [-0.2, 0) is 9.84 Å². The lowest BCUT2D eigenvalue weighted by Crippen LogP contribution is -2.26. The molecule has 0 saturated carbocycles. The Morgan fingerprint density at radius 2 is 1.36 bits per heavy atom. The summed E-state index contributed by atoms with van der Waals surface area (Å²) in [5.41, 5.74) is 9.14. The topological polar surface area (TPSA) is 87.6 Å². The SMILES string of the molecule is [N-]=[N+]=C(C(=O)c1ccc(Br)cc1)S(=O)(=O)c1ccc(Br)cc1. The summed E-state index contributed by atoms with van der Waals surface area (Å²) in [4.78, 5) is 14.9. The Bertz CT molecular complexity index is 869. The number of rotatable bonds is 3. The van der Waals surface area contributed by atoms with Crippen molar-refractivity contribution in [2.24, 2.45) is 0 Å². The average molecular weight is 444 g/mol. The van der Waals surface area contributed by atoms with Gasteiger partial charge in [-0.3, -0.25) is 4.79 Å². The van der Waals surface area contributed by atoms with Crippen molar-refractivity contribution in [2.45, 2.75) is 4.90 Å². The molecule has 0 fully saturated rings. The second-order valence-electron chi connectivity index (χ2n) is 4.20. The molecule has 0 aromatic heterocycles. The molecule has 2 aromatic carbocycles. The van der Waals surface area contributed by atoms with E-state index in [4.69, 9.17) is 5.53 Å². The van der Waals surface area contributed by atoms with Crippen LogP contribution in [0, 0.1) is 0 Å². The van der Waals surface area contributed by atoms with Gasteiger partial charge < -0.3 is 5.53 Å². The van der Waals surface area contributed by atoms with Gasteiger partial charge in [-0.05, 0) is 48.5 Å². The smallest absolute Gasteiger partial charge is 0.360 e.